The number of rotatable bonds is 1. The van der Waals surface area contributed by atoms with Gasteiger partial charge in [-0.05, 0) is 6.92 Å². The molecule has 2 unspecified atom stereocenters. The van der Waals surface area contributed by atoms with Crippen LogP contribution < -0.4 is 0 Å². The van der Waals surface area contributed by atoms with Crippen LogP contribution in [0.25, 0.3) is 0 Å². The number of morpholine rings is 1. The zero-order chi connectivity index (χ0) is 9.84. The van der Waals surface area contributed by atoms with Crippen molar-refractivity contribution >= 4 is 18.5 Å². The molecule has 1 saturated heterocycles. The first-order valence-electron chi connectivity index (χ1n) is 4.13. The molecule has 1 heterocycles. The molecule has 0 spiro atoms. The molecule has 1 aliphatic rings. The zero-order valence-corrected chi connectivity index (χ0v) is 8.33. The molecule has 1 aliphatic heterocycles. The molecule has 13 heavy (non-hydrogen) atoms. The highest BCUT2D eigenvalue weighted by molar-refractivity contribution is 7.81. The largest absolute Gasteiger partial charge is 0.360 e. The monoisotopic (exact) mass is 200 g/mol. The number of amides is 1. The van der Waals surface area contributed by atoms with E-state index >= 15 is 0 Å². The van der Waals surface area contributed by atoms with E-state index in [0.717, 1.165) is 0 Å². The molecular weight excluding hydrogens is 188 g/mol. The third-order valence-corrected chi connectivity index (χ3v) is 2.10. The van der Waals surface area contributed by atoms with Gasteiger partial charge in [0, 0.05) is 6.54 Å². The normalized spacial score (nSPS) is 25.0. The summed E-state index contributed by atoms with van der Waals surface area (Å²) >= 11 is 4.05. The van der Waals surface area contributed by atoms with Crippen LogP contribution in [0.2, 0.25) is 0 Å². The topological polar surface area (TPSA) is 53.3 Å². The number of hydrogen-bond acceptors (Lipinski definition) is 4. The molecule has 2 atom stereocenters. The van der Waals surface area contributed by atoms with Gasteiger partial charge in [-0.2, -0.15) is 17.9 Å². The summed E-state index contributed by atoms with van der Waals surface area (Å²) in [5.41, 5.74) is 0. The van der Waals surface area contributed by atoms with Crippen LogP contribution in [0.1, 0.15) is 6.92 Å². The molecule has 0 N–H and O–H groups in total. The average Bonchev–Trinajstić information content (AvgIpc) is 2.16. The Bertz CT molecular complexity index is 237. The van der Waals surface area contributed by atoms with Crippen molar-refractivity contribution in [3.8, 4) is 6.07 Å². The second-order valence-electron chi connectivity index (χ2n) is 2.95. The van der Waals surface area contributed by atoms with Crippen LogP contribution in [0.15, 0.2) is 0 Å². The van der Waals surface area contributed by atoms with Crippen LogP contribution >= 0.6 is 12.6 Å². The quantitative estimate of drug-likeness (QED) is 0.609. The van der Waals surface area contributed by atoms with Crippen LogP contribution in [-0.4, -0.2) is 41.9 Å². The lowest BCUT2D eigenvalue weighted by Gasteiger charge is -2.30. The zero-order valence-electron chi connectivity index (χ0n) is 7.43. The van der Waals surface area contributed by atoms with E-state index in [2.05, 4.69) is 12.6 Å². The third-order valence-electron chi connectivity index (χ3n) is 1.88. The van der Waals surface area contributed by atoms with Crippen LogP contribution in [0, 0.1) is 11.3 Å². The summed E-state index contributed by atoms with van der Waals surface area (Å²) in [6, 6.07) is 1.99. The lowest BCUT2D eigenvalue weighted by Crippen LogP contribution is -2.47. The van der Waals surface area contributed by atoms with Crippen molar-refractivity contribution in [2.75, 3.05) is 19.7 Å². The number of ether oxygens (including phenoxy) is 1. The van der Waals surface area contributed by atoms with Crippen LogP contribution in [-0.2, 0) is 9.53 Å². The highest BCUT2D eigenvalue weighted by Crippen LogP contribution is 2.08. The minimum Gasteiger partial charge on any atom is -0.360 e. The van der Waals surface area contributed by atoms with Gasteiger partial charge in [0.15, 0.2) is 6.10 Å². The molecule has 1 fully saturated rings. The van der Waals surface area contributed by atoms with E-state index in [4.69, 9.17) is 10.00 Å². The highest BCUT2D eigenvalue weighted by Gasteiger charge is 2.25. The molecule has 1 rings (SSSR count). The molecule has 0 bridgehead atoms. The average molecular weight is 200 g/mol. The second kappa shape index (κ2) is 4.49. The highest BCUT2D eigenvalue weighted by atomic mass is 32.1. The van der Waals surface area contributed by atoms with Crippen LogP contribution in [0.4, 0.5) is 0 Å². The van der Waals surface area contributed by atoms with E-state index in [0.29, 0.717) is 19.7 Å². The van der Waals surface area contributed by atoms with Crippen LogP contribution in [0.3, 0.4) is 0 Å². The fourth-order valence-corrected chi connectivity index (χ4v) is 1.36. The second-order valence-corrected chi connectivity index (χ2v) is 3.72. The van der Waals surface area contributed by atoms with E-state index in [1.54, 1.807) is 11.8 Å². The first-order chi connectivity index (χ1) is 6.15. The van der Waals surface area contributed by atoms with Crippen molar-refractivity contribution in [3.05, 3.63) is 0 Å². The van der Waals surface area contributed by atoms with Gasteiger partial charge in [-0.1, -0.05) is 0 Å². The molecule has 5 heteroatoms. The Morgan fingerprint density at radius 3 is 3.08 bits per heavy atom. The van der Waals surface area contributed by atoms with E-state index in [1.165, 1.54) is 0 Å². The maximum atomic E-state index is 11.4. The predicted octanol–water partition coefficient (Wildman–Crippen LogP) is 0.0557. The van der Waals surface area contributed by atoms with Gasteiger partial charge in [0.25, 0.3) is 0 Å². The number of nitriles is 1. The Balaban J connectivity index is 2.52. The molecule has 0 aliphatic carbocycles. The van der Waals surface area contributed by atoms with Crippen molar-refractivity contribution in [1.29, 1.82) is 5.26 Å². The lowest BCUT2D eigenvalue weighted by atomic mass is 10.2. The maximum Gasteiger partial charge on any atom is 0.235 e. The summed E-state index contributed by atoms with van der Waals surface area (Å²) in [7, 11) is 0. The standard InChI is InChI=1S/C8H12N2O2S/c1-6(13)8(11)10-2-3-12-7(4-9)5-10/h6-7,13H,2-3,5H2,1H3. The fraction of sp³-hybridized carbons (Fsp3) is 0.750. The van der Waals surface area contributed by atoms with Gasteiger partial charge in [0.1, 0.15) is 0 Å². The summed E-state index contributed by atoms with van der Waals surface area (Å²) in [6.07, 6.45) is -0.482. The molecular formula is C8H12N2O2S. The number of carbonyl (C=O) groups excluding carboxylic acids is 1. The Morgan fingerprint density at radius 2 is 2.54 bits per heavy atom. The van der Waals surface area contributed by atoms with Crippen molar-refractivity contribution in [1.82, 2.24) is 4.90 Å². The molecule has 0 aromatic rings. The molecule has 72 valence electrons. The van der Waals surface area contributed by atoms with Crippen LogP contribution in [0.5, 0.6) is 0 Å². The predicted molar refractivity (Wildman–Crippen MR) is 50.4 cm³/mol. The van der Waals surface area contributed by atoms with Gasteiger partial charge in [-0.3, -0.25) is 4.79 Å². The Labute approximate surface area is 82.9 Å². The molecule has 0 radical (unpaired) electrons. The molecule has 0 aromatic heterocycles. The molecule has 4 nitrogen and oxygen atoms in total. The summed E-state index contributed by atoms with van der Waals surface area (Å²) in [5.74, 6) is -0.0353. The molecule has 0 aromatic carbocycles. The third kappa shape index (κ3) is 2.61. The minimum atomic E-state index is -0.482. The fourth-order valence-electron chi connectivity index (χ4n) is 1.19. The van der Waals surface area contributed by atoms with Gasteiger partial charge >= 0.3 is 0 Å². The van der Waals surface area contributed by atoms with E-state index in [1.807, 2.05) is 6.07 Å². The Kier molecular flexibility index (Phi) is 3.58. The van der Waals surface area contributed by atoms with Crippen molar-refractivity contribution in [2.45, 2.75) is 18.3 Å². The first kappa shape index (κ1) is 10.4. The number of thiol groups is 1. The Hall–Kier alpha value is -0.730. The molecule has 0 saturated carbocycles. The maximum absolute atomic E-state index is 11.4. The van der Waals surface area contributed by atoms with E-state index in [9.17, 15) is 4.79 Å². The number of nitrogens with zero attached hydrogens (tertiary/aromatic N) is 2. The Morgan fingerprint density at radius 1 is 1.85 bits per heavy atom. The summed E-state index contributed by atoms with van der Waals surface area (Å²) in [5, 5.41) is 8.29. The van der Waals surface area contributed by atoms with Gasteiger partial charge in [-0.25, -0.2) is 0 Å². The van der Waals surface area contributed by atoms with Gasteiger partial charge in [0.2, 0.25) is 5.91 Å². The van der Waals surface area contributed by atoms with Crippen molar-refractivity contribution < 1.29 is 9.53 Å². The van der Waals surface area contributed by atoms with Gasteiger partial charge in [0.05, 0.1) is 24.5 Å². The lowest BCUT2D eigenvalue weighted by molar-refractivity contribution is -0.136. The van der Waals surface area contributed by atoms with Gasteiger partial charge in [-0.15, -0.1) is 0 Å². The smallest absolute Gasteiger partial charge is 0.235 e. The summed E-state index contributed by atoms with van der Waals surface area (Å²) in [6.45, 7) is 3.08. The SMILES string of the molecule is CC(S)C(=O)N1CCOC(C#N)C1. The van der Waals surface area contributed by atoms with E-state index in [-0.39, 0.29) is 11.2 Å². The minimum absolute atomic E-state index is 0.0353. The molecule has 1 amide bonds. The first-order valence-corrected chi connectivity index (χ1v) is 4.65. The number of hydrogen-bond donors (Lipinski definition) is 1. The number of carbonyl (C=O) groups is 1. The van der Waals surface area contributed by atoms with Gasteiger partial charge < -0.3 is 9.64 Å². The van der Waals surface area contributed by atoms with Crippen molar-refractivity contribution in [3.63, 3.8) is 0 Å². The van der Waals surface area contributed by atoms with Crippen molar-refractivity contribution in [2.24, 2.45) is 0 Å². The van der Waals surface area contributed by atoms with E-state index < -0.39 is 6.10 Å². The summed E-state index contributed by atoms with van der Waals surface area (Å²) in [4.78, 5) is 13.1. The summed E-state index contributed by atoms with van der Waals surface area (Å²) < 4.78 is 5.11.